The molecule has 2 aromatic rings. The van der Waals surface area contributed by atoms with Gasteiger partial charge in [0.2, 0.25) is 11.8 Å². The normalized spacial score (nSPS) is 10.3. The second-order valence-corrected chi connectivity index (χ2v) is 7.57. The summed E-state index contributed by atoms with van der Waals surface area (Å²) in [5.74, 6) is 1.24. The fraction of sp³-hybridized carbons (Fsp3) is 0.263. The van der Waals surface area contributed by atoms with Crippen molar-refractivity contribution in [2.24, 2.45) is 0 Å². The molecule has 6 heteroatoms. The van der Waals surface area contributed by atoms with Crippen molar-refractivity contribution in [3.05, 3.63) is 60.2 Å². The lowest BCUT2D eigenvalue weighted by atomic mass is 10.2. The number of nitrogens with one attached hydrogen (secondary N) is 2. The van der Waals surface area contributed by atoms with Crippen molar-refractivity contribution in [2.75, 3.05) is 29.1 Å². The Morgan fingerprint density at radius 2 is 1.60 bits per heavy atom. The van der Waals surface area contributed by atoms with Crippen molar-refractivity contribution in [3.8, 4) is 0 Å². The van der Waals surface area contributed by atoms with Crippen LogP contribution in [0.15, 0.2) is 59.5 Å². The molecule has 2 rings (SSSR count). The van der Waals surface area contributed by atoms with E-state index in [1.807, 2.05) is 49.4 Å². The maximum atomic E-state index is 11.8. The molecule has 4 nitrogen and oxygen atoms in total. The van der Waals surface area contributed by atoms with E-state index in [-0.39, 0.29) is 23.3 Å². The Hall–Kier alpha value is -1.92. The first kappa shape index (κ1) is 19.4. The SMILES string of the molecule is Cc1ccc(NC(=O)CSCC(=O)NCCSc2ccccc2)cc1. The fourth-order valence-electron chi connectivity index (χ4n) is 2.00. The number of hydrogen-bond acceptors (Lipinski definition) is 4. The Balaban J connectivity index is 1.54. The molecule has 0 aliphatic heterocycles. The first-order valence-electron chi connectivity index (χ1n) is 8.02. The number of thioether (sulfide) groups is 2. The lowest BCUT2D eigenvalue weighted by Gasteiger charge is -2.07. The fourth-order valence-corrected chi connectivity index (χ4v) is 3.43. The van der Waals surface area contributed by atoms with Crippen LogP contribution in [0.3, 0.4) is 0 Å². The van der Waals surface area contributed by atoms with Crippen LogP contribution in [0.1, 0.15) is 5.56 Å². The largest absolute Gasteiger partial charge is 0.355 e. The minimum atomic E-state index is -0.0960. The second kappa shape index (κ2) is 10.8. The highest BCUT2D eigenvalue weighted by atomic mass is 32.2. The highest BCUT2D eigenvalue weighted by molar-refractivity contribution is 8.00. The number of aryl methyl sites for hydroxylation is 1. The van der Waals surface area contributed by atoms with Gasteiger partial charge in [-0.3, -0.25) is 9.59 Å². The summed E-state index contributed by atoms with van der Waals surface area (Å²) in [4.78, 5) is 24.8. The third-order valence-electron chi connectivity index (χ3n) is 3.24. The third-order valence-corrected chi connectivity index (χ3v) is 5.18. The molecule has 0 aliphatic rings. The zero-order valence-corrected chi connectivity index (χ0v) is 15.8. The van der Waals surface area contributed by atoms with Crippen molar-refractivity contribution in [2.45, 2.75) is 11.8 Å². The molecule has 0 unspecified atom stereocenters. The lowest BCUT2D eigenvalue weighted by Crippen LogP contribution is -2.28. The zero-order chi connectivity index (χ0) is 17.9. The van der Waals surface area contributed by atoms with E-state index >= 15 is 0 Å². The Labute approximate surface area is 157 Å². The number of amides is 2. The average molecular weight is 375 g/mol. The van der Waals surface area contributed by atoms with Gasteiger partial charge in [0.25, 0.3) is 0 Å². The van der Waals surface area contributed by atoms with Crippen LogP contribution < -0.4 is 10.6 Å². The highest BCUT2D eigenvalue weighted by Gasteiger charge is 2.06. The molecule has 0 fully saturated rings. The van der Waals surface area contributed by atoms with E-state index in [0.717, 1.165) is 17.0 Å². The lowest BCUT2D eigenvalue weighted by molar-refractivity contribution is -0.118. The van der Waals surface area contributed by atoms with Gasteiger partial charge < -0.3 is 10.6 Å². The predicted octanol–water partition coefficient (Wildman–Crippen LogP) is 3.58. The van der Waals surface area contributed by atoms with Crippen LogP contribution in [0.2, 0.25) is 0 Å². The van der Waals surface area contributed by atoms with Crippen LogP contribution in [0, 0.1) is 6.92 Å². The van der Waals surface area contributed by atoms with Crippen LogP contribution in [0.4, 0.5) is 5.69 Å². The Morgan fingerprint density at radius 1 is 0.920 bits per heavy atom. The standard InChI is InChI=1S/C19H22N2O2S2/c1-15-7-9-16(10-8-15)21-19(23)14-24-13-18(22)20-11-12-25-17-5-3-2-4-6-17/h2-10H,11-14H2,1H3,(H,20,22)(H,21,23). The molecule has 0 radical (unpaired) electrons. The molecular weight excluding hydrogens is 352 g/mol. The van der Waals surface area contributed by atoms with E-state index < -0.39 is 0 Å². The van der Waals surface area contributed by atoms with E-state index in [4.69, 9.17) is 0 Å². The Kier molecular flexibility index (Phi) is 8.42. The first-order chi connectivity index (χ1) is 12.1. The van der Waals surface area contributed by atoms with Gasteiger partial charge in [0.15, 0.2) is 0 Å². The summed E-state index contributed by atoms with van der Waals surface area (Å²) in [6.45, 7) is 2.62. The number of anilines is 1. The minimum Gasteiger partial charge on any atom is -0.355 e. The molecular formula is C19H22N2O2S2. The van der Waals surface area contributed by atoms with Crippen LogP contribution in [-0.4, -0.2) is 35.6 Å². The summed E-state index contributed by atoms with van der Waals surface area (Å²) in [5, 5.41) is 5.69. The summed E-state index contributed by atoms with van der Waals surface area (Å²) < 4.78 is 0. The summed E-state index contributed by atoms with van der Waals surface area (Å²) >= 11 is 3.02. The highest BCUT2D eigenvalue weighted by Crippen LogP contribution is 2.15. The van der Waals surface area contributed by atoms with Gasteiger partial charge in [0.05, 0.1) is 11.5 Å². The van der Waals surface area contributed by atoms with Crippen LogP contribution >= 0.6 is 23.5 Å². The van der Waals surface area contributed by atoms with Crippen molar-refractivity contribution in [1.29, 1.82) is 0 Å². The van der Waals surface area contributed by atoms with Gasteiger partial charge in [-0.05, 0) is 31.2 Å². The number of carbonyl (C=O) groups is 2. The van der Waals surface area contributed by atoms with Crippen molar-refractivity contribution < 1.29 is 9.59 Å². The van der Waals surface area contributed by atoms with E-state index in [1.165, 1.54) is 16.7 Å². The molecule has 2 N–H and O–H groups in total. The molecule has 2 aromatic carbocycles. The van der Waals surface area contributed by atoms with Gasteiger partial charge in [-0.2, -0.15) is 0 Å². The van der Waals surface area contributed by atoms with Crippen LogP contribution in [0.5, 0.6) is 0 Å². The number of rotatable bonds is 9. The molecule has 0 spiro atoms. The maximum absolute atomic E-state index is 11.8. The molecule has 132 valence electrons. The van der Waals surface area contributed by atoms with Crippen LogP contribution in [-0.2, 0) is 9.59 Å². The smallest absolute Gasteiger partial charge is 0.234 e. The molecule has 2 amide bonds. The molecule has 0 saturated heterocycles. The molecule has 0 saturated carbocycles. The monoisotopic (exact) mass is 374 g/mol. The van der Waals surface area contributed by atoms with Gasteiger partial charge in [0.1, 0.15) is 0 Å². The summed E-state index contributed by atoms with van der Waals surface area (Å²) in [6.07, 6.45) is 0. The van der Waals surface area contributed by atoms with Gasteiger partial charge in [-0.1, -0.05) is 35.9 Å². The molecule has 0 aromatic heterocycles. The average Bonchev–Trinajstić information content (AvgIpc) is 2.62. The summed E-state index contributed by atoms with van der Waals surface area (Å²) in [5.41, 5.74) is 1.92. The van der Waals surface area contributed by atoms with E-state index in [1.54, 1.807) is 11.8 Å². The topological polar surface area (TPSA) is 58.2 Å². The zero-order valence-electron chi connectivity index (χ0n) is 14.2. The predicted molar refractivity (Wildman–Crippen MR) is 107 cm³/mol. The number of benzene rings is 2. The maximum Gasteiger partial charge on any atom is 0.234 e. The second-order valence-electron chi connectivity index (χ2n) is 5.42. The van der Waals surface area contributed by atoms with Gasteiger partial charge in [0, 0.05) is 22.9 Å². The van der Waals surface area contributed by atoms with Crippen molar-refractivity contribution in [3.63, 3.8) is 0 Å². The van der Waals surface area contributed by atoms with E-state index in [2.05, 4.69) is 22.8 Å². The summed E-state index contributed by atoms with van der Waals surface area (Å²) in [7, 11) is 0. The quantitative estimate of drug-likeness (QED) is 0.520. The molecule has 0 bridgehead atoms. The number of carbonyl (C=O) groups excluding carboxylic acids is 2. The van der Waals surface area contributed by atoms with Crippen LogP contribution in [0.25, 0.3) is 0 Å². The van der Waals surface area contributed by atoms with Gasteiger partial charge >= 0.3 is 0 Å². The van der Waals surface area contributed by atoms with Gasteiger partial charge in [-0.25, -0.2) is 0 Å². The third kappa shape index (κ3) is 8.14. The molecule has 0 aliphatic carbocycles. The van der Waals surface area contributed by atoms with Crippen molar-refractivity contribution >= 4 is 41.0 Å². The summed E-state index contributed by atoms with van der Waals surface area (Å²) in [6, 6.07) is 17.7. The molecule has 0 atom stereocenters. The number of hydrogen-bond donors (Lipinski definition) is 2. The van der Waals surface area contributed by atoms with Gasteiger partial charge in [-0.15, -0.1) is 23.5 Å². The van der Waals surface area contributed by atoms with E-state index in [9.17, 15) is 9.59 Å². The Bertz CT molecular complexity index is 676. The first-order valence-corrected chi connectivity index (χ1v) is 10.2. The molecule has 0 heterocycles. The van der Waals surface area contributed by atoms with E-state index in [0.29, 0.717) is 6.54 Å². The van der Waals surface area contributed by atoms with Crippen molar-refractivity contribution in [1.82, 2.24) is 5.32 Å². The molecule has 25 heavy (non-hydrogen) atoms. The minimum absolute atomic E-state index is 0.0400. The Morgan fingerprint density at radius 3 is 2.32 bits per heavy atom.